The number of hydrogen-bond acceptors (Lipinski definition) is 4. The summed E-state index contributed by atoms with van der Waals surface area (Å²) in [6.07, 6.45) is 0.758. The fourth-order valence-electron chi connectivity index (χ4n) is 3.97. The van der Waals surface area contributed by atoms with Crippen LogP contribution in [-0.2, 0) is 4.79 Å². The van der Waals surface area contributed by atoms with Gasteiger partial charge in [0.05, 0.1) is 11.6 Å². The summed E-state index contributed by atoms with van der Waals surface area (Å²) in [7, 11) is 0. The maximum atomic E-state index is 13.7. The summed E-state index contributed by atoms with van der Waals surface area (Å²) in [4.78, 5) is 32.7. The van der Waals surface area contributed by atoms with Crippen molar-refractivity contribution in [3.8, 4) is 6.07 Å². The van der Waals surface area contributed by atoms with Gasteiger partial charge in [-0.2, -0.15) is 5.26 Å². The van der Waals surface area contributed by atoms with Crippen molar-refractivity contribution in [1.82, 2.24) is 9.80 Å². The summed E-state index contributed by atoms with van der Waals surface area (Å²) in [5.74, 6) is -0.407. The van der Waals surface area contributed by atoms with E-state index in [-0.39, 0.29) is 18.4 Å². The number of carbonyl (C=O) groups excluding carboxylic acids is 2. The Balaban J connectivity index is 1.86. The van der Waals surface area contributed by atoms with Crippen molar-refractivity contribution in [3.05, 3.63) is 96.1 Å². The van der Waals surface area contributed by atoms with Crippen LogP contribution in [0.5, 0.6) is 0 Å². The molecule has 0 saturated heterocycles. The summed E-state index contributed by atoms with van der Waals surface area (Å²) in [6, 6.07) is 27.6. The number of rotatable bonds is 11. The lowest BCUT2D eigenvalue weighted by Gasteiger charge is -2.29. The Hall–Kier alpha value is -3.95. The molecule has 2 amide bonds. The van der Waals surface area contributed by atoms with Gasteiger partial charge in [-0.3, -0.25) is 14.5 Å². The number of amides is 2. The van der Waals surface area contributed by atoms with Crippen molar-refractivity contribution in [3.63, 3.8) is 0 Å². The second kappa shape index (κ2) is 13.1. The van der Waals surface area contributed by atoms with Gasteiger partial charge >= 0.3 is 0 Å². The Morgan fingerprint density at radius 2 is 1.31 bits per heavy atom. The van der Waals surface area contributed by atoms with Crippen LogP contribution in [0.2, 0.25) is 0 Å². The quantitative estimate of drug-likeness (QED) is 0.393. The summed E-state index contributed by atoms with van der Waals surface area (Å²) in [6.45, 7) is 7.36. The third-order valence-corrected chi connectivity index (χ3v) is 5.95. The predicted molar refractivity (Wildman–Crippen MR) is 139 cm³/mol. The van der Waals surface area contributed by atoms with Crippen LogP contribution in [0.4, 0.5) is 11.4 Å². The molecule has 0 spiro atoms. The molecule has 6 nitrogen and oxygen atoms in total. The summed E-state index contributed by atoms with van der Waals surface area (Å²) >= 11 is 0. The molecule has 3 aromatic carbocycles. The maximum absolute atomic E-state index is 13.7. The minimum Gasteiger partial charge on any atom is -0.329 e. The number of benzene rings is 3. The third-order valence-electron chi connectivity index (χ3n) is 5.95. The van der Waals surface area contributed by atoms with Crippen LogP contribution in [0, 0.1) is 11.3 Å². The molecule has 35 heavy (non-hydrogen) atoms. The molecule has 0 aliphatic carbocycles. The van der Waals surface area contributed by atoms with Crippen LogP contribution in [-0.4, -0.2) is 54.3 Å². The SMILES string of the molecule is CCN(CC)CCCN(CC(=O)N(c1ccccc1)c1ccccc1)C(=O)c1ccc(C#N)cc1. The van der Waals surface area contributed by atoms with Crippen molar-refractivity contribution >= 4 is 23.2 Å². The van der Waals surface area contributed by atoms with Crippen LogP contribution < -0.4 is 4.90 Å². The molecular weight excluding hydrogens is 436 g/mol. The van der Waals surface area contributed by atoms with Crippen molar-refractivity contribution < 1.29 is 9.59 Å². The first-order valence-electron chi connectivity index (χ1n) is 12.0. The zero-order chi connectivity index (χ0) is 25.0. The Kier molecular flexibility index (Phi) is 9.58. The topological polar surface area (TPSA) is 67.7 Å². The van der Waals surface area contributed by atoms with Crippen LogP contribution in [0.25, 0.3) is 0 Å². The van der Waals surface area contributed by atoms with Gasteiger partial charge in [-0.1, -0.05) is 50.2 Å². The molecule has 0 aromatic heterocycles. The normalized spacial score (nSPS) is 10.6. The third kappa shape index (κ3) is 7.02. The first-order chi connectivity index (χ1) is 17.1. The molecular formula is C29H32N4O2. The first-order valence-corrected chi connectivity index (χ1v) is 12.0. The second-order valence-electron chi connectivity index (χ2n) is 8.20. The maximum Gasteiger partial charge on any atom is 0.254 e. The molecule has 0 fully saturated rings. The number of carbonyl (C=O) groups is 2. The summed E-state index contributed by atoms with van der Waals surface area (Å²) in [5, 5.41) is 9.09. The molecule has 3 rings (SSSR count). The van der Waals surface area contributed by atoms with Gasteiger partial charge in [-0.15, -0.1) is 0 Å². The average molecular weight is 469 g/mol. The molecule has 0 bridgehead atoms. The molecule has 0 unspecified atom stereocenters. The molecule has 0 heterocycles. The van der Waals surface area contributed by atoms with E-state index in [1.807, 2.05) is 60.7 Å². The Morgan fingerprint density at radius 3 is 1.80 bits per heavy atom. The van der Waals surface area contributed by atoms with E-state index in [0.717, 1.165) is 37.4 Å². The van der Waals surface area contributed by atoms with E-state index in [9.17, 15) is 9.59 Å². The predicted octanol–water partition coefficient (Wildman–Crippen LogP) is 5.10. The van der Waals surface area contributed by atoms with Gasteiger partial charge in [0.1, 0.15) is 6.54 Å². The Bertz CT molecular complexity index is 1080. The fourth-order valence-corrected chi connectivity index (χ4v) is 3.97. The van der Waals surface area contributed by atoms with E-state index in [4.69, 9.17) is 5.26 Å². The Morgan fingerprint density at radius 1 is 0.771 bits per heavy atom. The number of hydrogen-bond donors (Lipinski definition) is 0. The van der Waals surface area contributed by atoms with Crippen molar-refractivity contribution in [1.29, 1.82) is 5.26 Å². The first kappa shape index (κ1) is 25.7. The number of para-hydroxylation sites is 2. The van der Waals surface area contributed by atoms with Gasteiger partial charge < -0.3 is 9.80 Å². The van der Waals surface area contributed by atoms with Crippen LogP contribution in [0.1, 0.15) is 36.2 Å². The standard InChI is InChI=1S/C29H32N4O2/c1-3-31(4-2)20-11-21-32(29(35)25-18-16-24(22-30)17-19-25)23-28(34)33(26-12-7-5-8-13-26)27-14-9-6-10-15-27/h5-10,12-19H,3-4,11,20-21,23H2,1-2H3. The molecule has 0 aliphatic rings. The average Bonchev–Trinajstić information content (AvgIpc) is 2.91. The number of nitriles is 1. The highest BCUT2D eigenvalue weighted by molar-refractivity contribution is 6.04. The van der Waals surface area contributed by atoms with E-state index in [1.165, 1.54) is 0 Å². The summed E-state index contributed by atoms with van der Waals surface area (Å²) in [5.41, 5.74) is 2.45. The van der Waals surface area contributed by atoms with Crippen LogP contribution in [0.15, 0.2) is 84.9 Å². The highest BCUT2D eigenvalue weighted by atomic mass is 16.2. The smallest absolute Gasteiger partial charge is 0.254 e. The highest BCUT2D eigenvalue weighted by Crippen LogP contribution is 2.25. The van der Waals surface area contributed by atoms with Gasteiger partial charge in [0.2, 0.25) is 0 Å². The van der Waals surface area contributed by atoms with Gasteiger partial charge in [-0.05, 0) is 74.6 Å². The monoisotopic (exact) mass is 468 g/mol. The molecule has 0 atom stereocenters. The molecule has 3 aromatic rings. The van der Waals surface area contributed by atoms with Crippen molar-refractivity contribution in [2.75, 3.05) is 37.6 Å². The summed E-state index contributed by atoms with van der Waals surface area (Å²) < 4.78 is 0. The van der Waals surface area contributed by atoms with Crippen molar-refractivity contribution in [2.45, 2.75) is 20.3 Å². The molecule has 180 valence electrons. The zero-order valence-corrected chi connectivity index (χ0v) is 20.4. The van der Waals surface area contributed by atoms with Gasteiger partial charge in [0, 0.05) is 23.5 Å². The number of nitrogens with zero attached hydrogens (tertiary/aromatic N) is 4. The largest absolute Gasteiger partial charge is 0.329 e. The molecule has 0 radical (unpaired) electrons. The minimum atomic E-state index is -0.219. The Labute approximate surface area is 208 Å². The molecule has 0 saturated carbocycles. The van der Waals surface area contributed by atoms with E-state index in [1.54, 1.807) is 34.1 Å². The van der Waals surface area contributed by atoms with E-state index >= 15 is 0 Å². The highest BCUT2D eigenvalue weighted by Gasteiger charge is 2.24. The lowest BCUT2D eigenvalue weighted by atomic mass is 10.1. The molecule has 0 aliphatic heterocycles. The van der Waals surface area contributed by atoms with Gasteiger partial charge in [-0.25, -0.2) is 0 Å². The number of anilines is 2. The zero-order valence-electron chi connectivity index (χ0n) is 20.4. The van der Waals surface area contributed by atoms with E-state index < -0.39 is 0 Å². The van der Waals surface area contributed by atoms with Crippen LogP contribution in [0.3, 0.4) is 0 Å². The van der Waals surface area contributed by atoms with E-state index in [2.05, 4.69) is 24.8 Å². The van der Waals surface area contributed by atoms with Gasteiger partial charge in [0.15, 0.2) is 0 Å². The van der Waals surface area contributed by atoms with Crippen LogP contribution >= 0.6 is 0 Å². The minimum absolute atomic E-state index is 0.0547. The molecule has 0 N–H and O–H groups in total. The fraction of sp³-hybridized carbons (Fsp3) is 0.276. The van der Waals surface area contributed by atoms with E-state index in [0.29, 0.717) is 17.7 Å². The lowest BCUT2D eigenvalue weighted by Crippen LogP contribution is -2.42. The molecule has 6 heteroatoms. The van der Waals surface area contributed by atoms with Crippen molar-refractivity contribution in [2.24, 2.45) is 0 Å². The second-order valence-corrected chi connectivity index (χ2v) is 8.20. The lowest BCUT2D eigenvalue weighted by molar-refractivity contribution is -0.118. The van der Waals surface area contributed by atoms with Gasteiger partial charge in [0.25, 0.3) is 11.8 Å².